The van der Waals surface area contributed by atoms with Gasteiger partial charge >= 0.3 is 0 Å². The summed E-state index contributed by atoms with van der Waals surface area (Å²) in [5, 5.41) is 20.9. The number of non-ortho nitro benzene ring substituents is 1. The Kier molecular flexibility index (Phi) is 7.19. The number of rotatable bonds is 8. The van der Waals surface area contributed by atoms with E-state index in [-0.39, 0.29) is 17.2 Å². The van der Waals surface area contributed by atoms with Crippen LogP contribution in [-0.2, 0) is 0 Å². The zero-order chi connectivity index (χ0) is 25.0. The summed E-state index contributed by atoms with van der Waals surface area (Å²) in [6.45, 7) is 2.39. The molecule has 1 saturated heterocycles. The molecule has 1 saturated carbocycles. The molecule has 0 amide bonds. The highest BCUT2D eigenvalue weighted by Crippen LogP contribution is 2.46. The van der Waals surface area contributed by atoms with Gasteiger partial charge in [-0.1, -0.05) is 55.3 Å². The van der Waals surface area contributed by atoms with Crippen LogP contribution in [0.5, 0.6) is 0 Å². The van der Waals surface area contributed by atoms with Crippen molar-refractivity contribution < 1.29 is 10.0 Å². The van der Waals surface area contributed by atoms with Gasteiger partial charge in [0.25, 0.3) is 5.69 Å². The van der Waals surface area contributed by atoms with E-state index in [2.05, 4.69) is 41.3 Å². The third-order valence-electron chi connectivity index (χ3n) is 8.00. The molecule has 1 spiro atoms. The van der Waals surface area contributed by atoms with Crippen molar-refractivity contribution in [3.05, 3.63) is 106 Å². The highest BCUT2D eigenvalue weighted by atomic mass is 16.6. The molecule has 0 radical (unpaired) electrons. The number of allylic oxidation sites excluding steroid dienone is 1. The molecule has 0 bridgehead atoms. The second-order valence-corrected chi connectivity index (χ2v) is 10.3. The number of benzene rings is 3. The molecular formula is C31H34N2O3. The van der Waals surface area contributed by atoms with Crippen LogP contribution in [-0.4, -0.2) is 29.7 Å². The average molecular weight is 483 g/mol. The smallest absolute Gasteiger partial charge is 0.269 e. The van der Waals surface area contributed by atoms with Crippen LogP contribution in [0.3, 0.4) is 0 Å². The Morgan fingerprint density at radius 3 is 2.11 bits per heavy atom. The maximum absolute atomic E-state index is 11.3. The number of hydrogen-bond acceptors (Lipinski definition) is 4. The Bertz CT molecular complexity index is 1210. The van der Waals surface area contributed by atoms with Gasteiger partial charge in [-0.3, -0.25) is 10.1 Å². The molecule has 5 nitrogen and oxygen atoms in total. The molecule has 36 heavy (non-hydrogen) atoms. The minimum Gasteiger partial charge on any atom is -0.396 e. The summed E-state index contributed by atoms with van der Waals surface area (Å²) in [7, 11) is 0. The number of anilines is 1. The van der Waals surface area contributed by atoms with E-state index in [1.54, 1.807) is 12.1 Å². The summed E-state index contributed by atoms with van der Waals surface area (Å²) in [6, 6.07) is 25.9. The molecule has 2 fully saturated rings. The van der Waals surface area contributed by atoms with Gasteiger partial charge in [0.15, 0.2) is 0 Å². The summed E-state index contributed by atoms with van der Waals surface area (Å²) in [5.41, 5.74) is 7.19. The number of hydrogen-bond donors (Lipinski definition) is 1. The van der Waals surface area contributed by atoms with Gasteiger partial charge in [0.05, 0.1) is 4.92 Å². The van der Waals surface area contributed by atoms with Gasteiger partial charge in [0.2, 0.25) is 0 Å². The normalized spacial score (nSPS) is 17.4. The van der Waals surface area contributed by atoms with Crippen LogP contribution < -0.4 is 4.90 Å². The Hall–Kier alpha value is -3.44. The second-order valence-electron chi connectivity index (χ2n) is 10.3. The van der Waals surface area contributed by atoms with Crippen molar-refractivity contribution in [3.8, 4) is 0 Å². The summed E-state index contributed by atoms with van der Waals surface area (Å²) in [6.07, 6.45) is 8.11. The van der Waals surface area contributed by atoms with E-state index >= 15 is 0 Å². The first-order chi connectivity index (χ1) is 17.6. The summed E-state index contributed by atoms with van der Waals surface area (Å²) >= 11 is 0. The summed E-state index contributed by atoms with van der Waals surface area (Å²) < 4.78 is 0. The maximum Gasteiger partial charge on any atom is 0.269 e. The first-order valence-corrected chi connectivity index (χ1v) is 13.1. The van der Waals surface area contributed by atoms with Crippen molar-refractivity contribution in [1.82, 2.24) is 0 Å². The lowest BCUT2D eigenvalue weighted by atomic mass is 9.85. The van der Waals surface area contributed by atoms with Crippen LogP contribution in [0.15, 0.2) is 78.9 Å². The molecule has 2 aliphatic rings. The van der Waals surface area contributed by atoms with Crippen molar-refractivity contribution in [3.63, 3.8) is 0 Å². The van der Waals surface area contributed by atoms with Crippen LogP contribution in [0.1, 0.15) is 61.6 Å². The Morgan fingerprint density at radius 2 is 1.50 bits per heavy atom. The number of nitro groups is 1. The molecule has 3 aromatic carbocycles. The monoisotopic (exact) mass is 482 g/mol. The van der Waals surface area contributed by atoms with Gasteiger partial charge in [-0.25, -0.2) is 0 Å². The zero-order valence-corrected chi connectivity index (χ0v) is 20.7. The maximum atomic E-state index is 11.3. The Labute approximate surface area is 213 Å². The van der Waals surface area contributed by atoms with E-state index in [1.165, 1.54) is 37.8 Å². The van der Waals surface area contributed by atoms with E-state index in [1.807, 2.05) is 30.3 Å². The number of aliphatic hydroxyl groups excluding tert-OH is 1. The Balaban J connectivity index is 1.55. The lowest BCUT2D eigenvalue weighted by Crippen LogP contribution is -2.24. The van der Waals surface area contributed by atoms with Crippen LogP contribution >= 0.6 is 0 Å². The average Bonchev–Trinajstić information content (AvgIpc) is 3.57. The predicted molar refractivity (Wildman–Crippen MR) is 146 cm³/mol. The van der Waals surface area contributed by atoms with Crippen molar-refractivity contribution in [2.75, 3.05) is 24.6 Å². The van der Waals surface area contributed by atoms with Crippen LogP contribution in [0.25, 0.3) is 11.1 Å². The standard InChI is InChI=1S/C31H34N2O3/c34-22-6-9-29(24-7-2-1-3-8-24)30(26-12-16-28(17-13-26)33(35)36)25-10-14-27(15-11-25)32-21-20-31(23-32)18-4-5-19-31/h1-3,7-8,10-17,34H,4-6,9,18-23H2/b30-29+. The van der Waals surface area contributed by atoms with Crippen molar-refractivity contribution in [2.45, 2.75) is 44.9 Å². The molecule has 5 rings (SSSR count). The van der Waals surface area contributed by atoms with E-state index in [0.29, 0.717) is 18.3 Å². The van der Waals surface area contributed by atoms with Crippen molar-refractivity contribution in [2.24, 2.45) is 5.41 Å². The molecule has 3 aromatic rings. The molecular weight excluding hydrogens is 448 g/mol. The minimum absolute atomic E-state index is 0.0833. The quantitative estimate of drug-likeness (QED) is 0.211. The number of nitrogens with zero attached hydrogens (tertiary/aromatic N) is 2. The fourth-order valence-corrected chi connectivity index (χ4v) is 6.10. The highest BCUT2D eigenvalue weighted by molar-refractivity contribution is 5.98. The molecule has 1 N–H and O–H groups in total. The SMILES string of the molecule is O=[N+]([O-])c1ccc(/C(=C(\CCCO)c2ccccc2)c2ccc(N3CCC4(CCCC4)C3)cc2)cc1. The second kappa shape index (κ2) is 10.7. The van der Waals surface area contributed by atoms with Gasteiger partial charge in [-0.15, -0.1) is 0 Å². The van der Waals surface area contributed by atoms with Crippen molar-refractivity contribution in [1.29, 1.82) is 0 Å². The fraction of sp³-hybridized carbons (Fsp3) is 0.355. The molecule has 0 atom stereocenters. The van der Waals surface area contributed by atoms with Crippen LogP contribution in [0.4, 0.5) is 11.4 Å². The lowest BCUT2D eigenvalue weighted by Gasteiger charge is -2.25. The van der Waals surface area contributed by atoms with E-state index < -0.39 is 0 Å². The van der Waals surface area contributed by atoms with Gasteiger partial charge in [0, 0.05) is 37.5 Å². The van der Waals surface area contributed by atoms with E-state index in [9.17, 15) is 15.2 Å². The Morgan fingerprint density at radius 1 is 0.861 bits per heavy atom. The van der Waals surface area contributed by atoms with Crippen LogP contribution in [0, 0.1) is 15.5 Å². The molecule has 0 unspecified atom stereocenters. The largest absolute Gasteiger partial charge is 0.396 e. The fourth-order valence-electron chi connectivity index (χ4n) is 6.10. The highest BCUT2D eigenvalue weighted by Gasteiger charge is 2.40. The molecule has 5 heteroatoms. The summed E-state index contributed by atoms with van der Waals surface area (Å²) in [4.78, 5) is 13.4. The summed E-state index contributed by atoms with van der Waals surface area (Å²) in [5.74, 6) is 0. The lowest BCUT2D eigenvalue weighted by molar-refractivity contribution is -0.384. The van der Waals surface area contributed by atoms with Crippen molar-refractivity contribution >= 4 is 22.5 Å². The van der Waals surface area contributed by atoms with Crippen LogP contribution in [0.2, 0.25) is 0 Å². The van der Waals surface area contributed by atoms with E-state index in [0.717, 1.165) is 40.9 Å². The topological polar surface area (TPSA) is 66.6 Å². The number of aliphatic hydroxyl groups is 1. The first kappa shape index (κ1) is 24.3. The molecule has 1 aliphatic carbocycles. The minimum atomic E-state index is -0.362. The molecule has 186 valence electrons. The molecule has 1 aliphatic heterocycles. The van der Waals surface area contributed by atoms with Gasteiger partial charge in [-0.05, 0) is 89.6 Å². The zero-order valence-electron chi connectivity index (χ0n) is 20.7. The first-order valence-electron chi connectivity index (χ1n) is 13.1. The number of nitro benzene ring substituents is 1. The predicted octanol–water partition coefficient (Wildman–Crippen LogP) is 7.10. The third kappa shape index (κ3) is 5.07. The van der Waals surface area contributed by atoms with Gasteiger partial charge in [-0.2, -0.15) is 0 Å². The molecule has 0 aromatic heterocycles. The van der Waals surface area contributed by atoms with Gasteiger partial charge < -0.3 is 10.0 Å². The molecule has 1 heterocycles. The third-order valence-corrected chi connectivity index (χ3v) is 8.00. The van der Waals surface area contributed by atoms with E-state index in [4.69, 9.17) is 0 Å². The van der Waals surface area contributed by atoms with Gasteiger partial charge in [0.1, 0.15) is 0 Å².